The van der Waals surface area contributed by atoms with Crippen LogP contribution < -0.4 is 10.1 Å². The van der Waals surface area contributed by atoms with Crippen LogP contribution in [0.5, 0.6) is 5.75 Å². The van der Waals surface area contributed by atoms with Gasteiger partial charge in [-0.05, 0) is 49.2 Å². The number of benzene rings is 1. The van der Waals surface area contributed by atoms with Crippen molar-refractivity contribution in [1.29, 1.82) is 0 Å². The number of hydrogen-bond donors (Lipinski definition) is 1. The molecule has 1 heterocycles. The number of ketones is 1. The van der Waals surface area contributed by atoms with E-state index in [2.05, 4.69) is 10.3 Å². The van der Waals surface area contributed by atoms with Crippen molar-refractivity contribution in [2.45, 2.75) is 46.1 Å². The molecule has 28 heavy (non-hydrogen) atoms. The van der Waals surface area contributed by atoms with Gasteiger partial charge in [-0.15, -0.1) is 0 Å². The van der Waals surface area contributed by atoms with Gasteiger partial charge in [-0.25, -0.2) is 8.78 Å². The number of amides is 1. The predicted octanol–water partition coefficient (Wildman–Crippen LogP) is 4.05. The Kier molecular flexibility index (Phi) is 7.61. The summed E-state index contributed by atoms with van der Waals surface area (Å²) in [4.78, 5) is 28.3. The monoisotopic (exact) mass is 390 g/mol. The van der Waals surface area contributed by atoms with E-state index in [9.17, 15) is 18.4 Å². The van der Waals surface area contributed by atoms with Crippen molar-refractivity contribution in [3.8, 4) is 5.75 Å². The molecule has 1 atom stereocenters. The third kappa shape index (κ3) is 6.11. The molecule has 0 saturated carbocycles. The van der Waals surface area contributed by atoms with Crippen LogP contribution >= 0.6 is 0 Å². The molecule has 7 heteroatoms. The minimum Gasteiger partial charge on any atom is -0.488 e. The van der Waals surface area contributed by atoms with E-state index in [0.29, 0.717) is 23.4 Å². The van der Waals surface area contributed by atoms with Gasteiger partial charge in [-0.3, -0.25) is 14.6 Å². The Hall–Kier alpha value is -2.83. The van der Waals surface area contributed by atoms with Crippen molar-refractivity contribution in [2.75, 3.05) is 6.61 Å². The van der Waals surface area contributed by atoms with Gasteiger partial charge in [-0.2, -0.15) is 0 Å². The summed E-state index contributed by atoms with van der Waals surface area (Å²) in [5.41, 5.74) is 2.66. The number of ether oxygens (including phenoxy) is 1. The number of pyridine rings is 1. The summed E-state index contributed by atoms with van der Waals surface area (Å²) < 4.78 is 29.5. The third-order valence-electron chi connectivity index (χ3n) is 4.28. The second-order valence-electron chi connectivity index (χ2n) is 6.52. The first-order chi connectivity index (χ1) is 13.3. The Morgan fingerprint density at radius 2 is 1.96 bits per heavy atom. The van der Waals surface area contributed by atoms with Gasteiger partial charge >= 0.3 is 0 Å². The van der Waals surface area contributed by atoms with E-state index in [1.165, 1.54) is 6.20 Å². The number of aryl methyl sites for hydroxylation is 1. The zero-order valence-electron chi connectivity index (χ0n) is 16.2. The number of hydrogen-bond acceptors (Lipinski definition) is 4. The lowest BCUT2D eigenvalue weighted by atomic mass is 10.0. The zero-order valence-corrected chi connectivity index (χ0v) is 16.2. The Balaban J connectivity index is 2.06. The molecule has 0 saturated heterocycles. The second kappa shape index (κ2) is 9.92. The van der Waals surface area contributed by atoms with Crippen LogP contribution in [0.25, 0.3) is 0 Å². The number of halogens is 2. The van der Waals surface area contributed by atoms with Crippen molar-refractivity contribution < 1.29 is 23.1 Å². The predicted molar refractivity (Wildman–Crippen MR) is 102 cm³/mol. The highest BCUT2D eigenvalue weighted by atomic mass is 19.3. The van der Waals surface area contributed by atoms with Crippen LogP contribution in [0.1, 0.15) is 53.5 Å². The van der Waals surface area contributed by atoms with Crippen LogP contribution in [-0.2, 0) is 11.2 Å². The van der Waals surface area contributed by atoms with Gasteiger partial charge in [0.2, 0.25) is 0 Å². The average molecular weight is 390 g/mol. The van der Waals surface area contributed by atoms with Crippen LogP contribution in [-0.4, -0.2) is 29.7 Å². The van der Waals surface area contributed by atoms with Gasteiger partial charge in [0, 0.05) is 30.3 Å². The summed E-state index contributed by atoms with van der Waals surface area (Å²) >= 11 is 0. The lowest BCUT2D eigenvalue weighted by Gasteiger charge is -2.18. The maximum absolute atomic E-state index is 12.6. The van der Waals surface area contributed by atoms with Gasteiger partial charge in [-0.1, -0.05) is 13.0 Å². The number of rotatable bonds is 9. The number of alkyl halides is 2. The maximum atomic E-state index is 12.6. The quantitative estimate of drug-likeness (QED) is 0.702. The summed E-state index contributed by atoms with van der Waals surface area (Å²) in [5, 5.41) is 2.91. The molecule has 2 aromatic rings. The fourth-order valence-electron chi connectivity index (χ4n) is 2.78. The standard InChI is InChI=1S/C21H24F2N2O3/c1-4-17(26)11-16-10-15(7-8-24-16)21(27)25-14(3)19-6-5-18(9-13(19)2)28-12-20(22)23/h5-10,14,20H,4,11-12H2,1-3H3,(H,25,27). The first-order valence-electron chi connectivity index (χ1n) is 9.09. The first-order valence-corrected chi connectivity index (χ1v) is 9.09. The minimum absolute atomic E-state index is 0.0585. The molecule has 1 amide bonds. The molecule has 0 fully saturated rings. The van der Waals surface area contributed by atoms with E-state index in [1.54, 1.807) is 37.3 Å². The van der Waals surface area contributed by atoms with Crippen molar-refractivity contribution >= 4 is 11.7 Å². The topological polar surface area (TPSA) is 68.3 Å². The molecule has 0 spiro atoms. The number of Topliss-reactive ketones (excluding diaryl/α,β-unsaturated/α-hetero) is 1. The molecule has 1 unspecified atom stereocenters. The summed E-state index contributed by atoms with van der Waals surface area (Å²) in [6.45, 7) is 4.79. The lowest BCUT2D eigenvalue weighted by Crippen LogP contribution is -2.27. The van der Waals surface area contributed by atoms with E-state index in [1.807, 2.05) is 13.8 Å². The van der Waals surface area contributed by atoms with Crippen molar-refractivity contribution in [3.63, 3.8) is 0 Å². The molecule has 5 nitrogen and oxygen atoms in total. The fraction of sp³-hybridized carbons (Fsp3) is 0.381. The van der Waals surface area contributed by atoms with Gasteiger partial charge in [0.05, 0.1) is 6.04 Å². The molecule has 0 bridgehead atoms. The van der Waals surface area contributed by atoms with E-state index < -0.39 is 13.0 Å². The molecule has 150 valence electrons. The molecule has 2 rings (SSSR count). The van der Waals surface area contributed by atoms with Crippen LogP contribution in [0.2, 0.25) is 0 Å². The molecule has 1 aromatic heterocycles. The SMILES string of the molecule is CCC(=O)Cc1cc(C(=O)NC(C)c2ccc(OCC(F)F)cc2C)ccn1. The lowest BCUT2D eigenvalue weighted by molar-refractivity contribution is -0.118. The van der Waals surface area contributed by atoms with E-state index in [-0.39, 0.29) is 24.2 Å². The van der Waals surface area contributed by atoms with Gasteiger partial charge in [0.15, 0.2) is 0 Å². The molecule has 0 aliphatic carbocycles. The average Bonchev–Trinajstić information content (AvgIpc) is 2.66. The Morgan fingerprint density at radius 3 is 2.61 bits per heavy atom. The number of nitrogens with one attached hydrogen (secondary N) is 1. The van der Waals surface area contributed by atoms with Crippen molar-refractivity contribution in [3.05, 3.63) is 58.9 Å². The van der Waals surface area contributed by atoms with Crippen molar-refractivity contribution in [2.24, 2.45) is 0 Å². The Bertz CT molecular complexity index is 840. The van der Waals surface area contributed by atoms with Gasteiger partial charge < -0.3 is 10.1 Å². The zero-order chi connectivity index (χ0) is 20.7. The highest BCUT2D eigenvalue weighted by Crippen LogP contribution is 2.23. The normalized spacial score (nSPS) is 11.9. The minimum atomic E-state index is -2.53. The van der Waals surface area contributed by atoms with Crippen LogP contribution in [0, 0.1) is 6.92 Å². The second-order valence-corrected chi connectivity index (χ2v) is 6.52. The first kappa shape index (κ1) is 21.5. The summed E-state index contributed by atoms with van der Waals surface area (Å²) in [6, 6.07) is 7.93. The number of nitrogens with zero attached hydrogens (tertiary/aromatic N) is 1. The van der Waals surface area contributed by atoms with Crippen LogP contribution in [0.4, 0.5) is 8.78 Å². The molecule has 0 aliphatic rings. The summed E-state index contributed by atoms with van der Waals surface area (Å²) in [6.07, 6.45) is -0.396. The summed E-state index contributed by atoms with van der Waals surface area (Å²) in [5.74, 6) is 0.139. The van der Waals surface area contributed by atoms with E-state index in [0.717, 1.165) is 11.1 Å². The van der Waals surface area contributed by atoms with Crippen LogP contribution in [0.15, 0.2) is 36.5 Å². The molecule has 0 radical (unpaired) electrons. The smallest absolute Gasteiger partial charge is 0.272 e. The third-order valence-corrected chi connectivity index (χ3v) is 4.28. The van der Waals surface area contributed by atoms with Gasteiger partial charge in [0.25, 0.3) is 12.3 Å². The largest absolute Gasteiger partial charge is 0.488 e. The molecule has 0 aliphatic heterocycles. The van der Waals surface area contributed by atoms with E-state index >= 15 is 0 Å². The van der Waals surface area contributed by atoms with Gasteiger partial charge in [0.1, 0.15) is 18.1 Å². The molecule has 1 N–H and O–H groups in total. The molecular formula is C21H24F2N2O3. The summed E-state index contributed by atoms with van der Waals surface area (Å²) in [7, 11) is 0. The number of carbonyl (C=O) groups excluding carboxylic acids is 2. The van der Waals surface area contributed by atoms with Crippen molar-refractivity contribution in [1.82, 2.24) is 10.3 Å². The maximum Gasteiger partial charge on any atom is 0.272 e. The fourth-order valence-corrected chi connectivity index (χ4v) is 2.78. The van der Waals surface area contributed by atoms with Crippen LogP contribution in [0.3, 0.4) is 0 Å². The highest BCUT2D eigenvalue weighted by molar-refractivity contribution is 5.94. The Morgan fingerprint density at radius 1 is 1.21 bits per heavy atom. The number of carbonyl (C=O) groups is 2. The molecular weight excluding hydrogens is 366 g/mol. The number of aromatic nitrogens is 1. The molecule has 1 aromatic carbocycles. The Labute approximate surface area is 163 Å². The highest BCUT2D eigenvalue weighted by Gasteiger charge is 2.15. The van der Waals surface area contributed by atoms with E-state index in [4.69, 9.17) is 4.74 Å².